The van der Waals surface area contributed by atoms with E-state index >= 15 is 0 Å². The minimum atomic E-state index is -1.20. The number of anilines is 1. The van der Waals surface area contributed by atoms with Crippen molar-refractivity contribution < 1.29 is 33.5 Å². The minimum Gasteiger partial charge on any atom is -0.545 e. The van der Waals surface area contributed by atoms with Crippen molar-refractivity contribution in [2.45, 2.75) is 0 Å². The molecule has 0 aromatic heterocycles. The average molecular weight is 201 g/mol. The predicted octanol–water partition coefficient (Wildman–Crippen LogP) is -2.87. The van der Waals surface area contributed by atoms with Crippen molar-refractivity contribution in [3.63, 3.8) is 0 Å². The summed E-state index contributed by atoms with van der Waals surface area (Å²) in [5.41, 5.74) is 0.736. The molecule has 0 heterocycles. The molecule has 5 heteroatoms. The minimum absolute atomic E-state index is 0. The van der Waals surface area contributed by atoms with Gasteiger partial charge in [-0.05, 0) is 18.2 Å². The number of carboxylic acids is 1. The van der Waals surface area contributed by atoms with Crippen LogP contribution in [-0.4, -0.2) is 27.2 Å². The van der Waals surface area contributed by atoms with Gasteiger partial charge in [-0.3, -0.25) is 0 Å². The molecule has 15 heavy (non-hydrogen) atoms. The van der Waals surface area contributed by atoms with Gasteiger partial charge in [0, 0.05) is 25.3 Å². The Morgan fingerprint density at radius 1 is 1.40 bits per heavy atom. The summed E-state index contributed by atoms with van der Waals surface area (Å²) in [6.07, 6.45) is 0. The first kappa shape index (κ1) is 13.9. The van der Waals surface area contributed by atoms with E-state index in [0.717, 1.165) is 0 Å². The molecule has 1 aromatic carbocycles. The third-order valence-electron chi connectivity index (χ3n) is 1.91. The molecule has 0 bridgehead atoms. The molecule has 0 aliphatic heterocycles. The zero-order chi connectivity index (χ0) is 10.7. The van der Waals surface area contributed by atoms with Crippen molar-refractivity contribution in [2.24, 2.45) is 0 Å². The molecule has 0 saturated heterocycles. The Morgan fingerprint density at radius 3 is 2.40 bits per heavy atom. The quantitative estimate of drug-likeness (QED) is 0.493. The van der Waals surface area contributed by atoms with Gasteiger partial charge in [-0.2, -0.15) is 0 Å². The van der Waals surface area contributed by atoms with Crippen LogP contribution >= 0.6 is 0 Å². The van der Waals surface area contributed by atoms with Crippen LogP contribution in [0.25, 0.3) is 0 Å². The Kier molecular flexibility index (Phi) is 5.27. The standard InChI is InChI=1S/C10H13NO3.Li/c1-11(2)9-5-4-7(14-3)6-8(9)10(12)13;/h4-6H,1-3H3,(H,12,13);/q;+1/p-1. The second-order valence-electron chi connectivity index (χ2n) is 3.06. The molecule has 0 atom stereocenters. The van der Waals surface area contributed by atoms with E-state index < -0.39 is 5.97 Å². The summed E-state index contributed by atoms with van der Waals surface area (Å²) in [5, 5.41) is 10.8. The largest absolute Gasteiger partial charge is 1.00 e. The summed E-state index contributed by atoms with van der Waals surface area (Å²) in [6.45, 7) is 0. The summed E-state index contributed by atoms with van der Waals surface area (Å²) < 4.78 is 4.93. The Hall–Kier alpha value is -1.11. The molecular weight excluding hydrogens is 189 g/mol. The summed E-state index contributed by atoms with van der Waals surface area (Å²) in [5.74, 6) is -0.692. The molecule has 0 spiro atoms. The van der Waals surface area contributed by atoms with E-state index in [1.807, 2.05) is 0 Å². The number of rotatable bonds is 3. The van der Waals surface area contributed by atoms with E-state index in [2.05, 4.69) is 0 Å². The number of nitrogens with zero attached hydrogens (tertiary/aromatic N) is 1. The number of hydrogen-bond donors (Lipinski definition) is 0. The second-order valence-corrected chi connectivity index (χ2v) is 3.06. The van der Waals surface area contributed by atoms with Gasteiger partial charge < -0.3 is 19.5 Å². The van der Waals surface area contributed by atoms with E-state index in [-0.39, 0.29) is 24.4 Å². The number of carbonyl (C=O) groups is 1. The number of carboxylic acid groups (broad SMARTS) is 1. The fourth-order valence-electron chi connectivity index (χ4n) is 1.20. The second kappa shape index (κ2) is 5.69. The normalized spacial score (nSPS) is 9.00. The van der Waals surface area contributed by atoms with Crippen LogP contribution in [0.5, 0.6) is 5.75 Å². The molecule has 0 aliphatic rings. The molecule has 76 valence electrons. The number of ether oxygens (including phenoxy) is 1. The van der Waals surface area contributed by atoms with Crippen molar-refractivity contribution in [3.05, 3.63) is 23.8 Å². The number of hydrogen-bond acceptors (Lipinski definition) is 4. The monoisotopic (exact) mass is 201 g/mol. The molecule has 0 saturated carbocycles. The van der Waals surface area contributed by atoms with Crippen LogP contribution in [0.15, 0.2) is 18.2 Å². The maximum Gasteiger partial charge on any atom is 1.00 e. The van der Waals surface area contributed by atoms with Gasteiger partial charge in [-0.15, -0.1) is 0 Å². The molecule has 1 aromatic rings. The van der Waals surface area contributed by atoms with Gasteiger partial charge in [-0.1, -0.05) is 0 Å². The van der Waals surface area contributed by atoms with Gasteiger partial charge in [0.15, 0.2) is 0 Å². The number of aromatic carboxylic acids is 1. The van der Waals surface area contributed by atoms with Crippen LogP contribution < -0.4 is 33.6 Å². The first-order valence-corrected chi connectivity index (χ1v) is 4.13. The van der Waals surface area contributed by atoms with Gasteiger partial charge in [0.2, 0.25) is 0 Å². The van der Waals surface area contributed by atoms with Crippen LogP contribution in [0.4, 0.5) is 5.69 Å². The Labute approximate surface area is 101 Å². The first-order chi connectivity index (χ1) is 6.56. The van der Waals surface area contributed by atoms with E-state index in [0.29, 0.717) is 11.4 Å². The van der Waals surface area contributed by atoms with Gasteiger partial charge in [0.05, 0.1) is 13.1 Å². The predicted molar refractivity (Wildman–Crippen MR) is 51.7 cm³/mol. The van der Waals surface area contributed by atoms with Gasteiger partial charge in [-0.25, -0.2) is 0 Å². The summed E-state index contributed by atoms with van der Waals surface area (Å²) >= 11 is 0. The molecule has 0 amide bonds. The Bertz CT molecular complexity index is 353. The maximum absolute atomic E-state index is 10.8. The average Bonchev–Trinajstić information content (AvgIpc) is 2.16. The maximum atomic E-state index is 10.8. The van der Waals surface area contributed by atoms with Crippen LogP contribution in [0, 0.1) is 0 Å². The molecule has 1 rings (SSSR count). The SMILES string of the molecule is COc1ccc(N(C)C)c(C(=O)[O-])c1.[Li+]. The topological polar surface area (TPSA) is 52.6 Å². The van der Waals surface area contributed by atoms with Crippen LogP contribution in [0.1, 0.15) is 10.4 Å². The van der Waals surface area contributed by atoms with Crippen molar-refractivity contribution >= 4 is 11.7 Å². The summed E-state index contributed by atoms with van der Waals surface area (Å²) in [4.78, 5) is 12.5. The zero-order valence-electron chi connectivity index (χ0n) is 9.40. The molecule has 0 fully saturated rings. The zero-order valence-corrected chi connectivity index (χ0v) is 9.40. The summed E-state index contributed by atoms with van der Waals surface area (Å²) in [7, 11) is 5.03. The molecule has 0 unspecified atom stereocenters. The molecule has 4 nitrogen and oxygen atoms in total. The number of carbonyl (C=O) groups excluding carboxylic acids is 1. The Balaban J connectivity index is 0.00000196. The van der Waals surface area contributed by atoms with Gasteiger partial charge in [0.1, 0.15) is 5.75 Å². The molecule has 0 aliphatic carbocycles. The number of benzene rings is 1. The molecule has 0 radical (unpaired) electrons. The van der Waals surface area contributed by atoms with Crippen LogP contribution in [0.3, 0.4) is 0 Å². The fraction of sp³-hybridized carbons (Fsp3) is 0.300. The van der Waals surface area contributed by atoms with Crippen molar-refractivity contribution in [3.8, 4) is 5.75 Å². The van der Waals surface area contributed by atoms with E-state index in [1.54, 1.807) is 31.1 Å². The summed E-state index contributed by atoms with van der Waals surface area (Å²) in [6, 6.07) is 4.84. The van der Waals surface area contributed by atoms with E-state index in [4.69, 9.17) is 4.74 Å². The van der Waals surface area contributed by atoms with E-state index in [1.165, 1.54) is 13.2 Å². The van der Waals surface area contributed by atoms with Crippen LogP contribution in [-0.2, 0) is 0 Å². The van der Waals surface area contributed by atoms with E-state index in [9.17, 15) is 9.90 Å². The number of methoxy groups -OCH3 is 1. The van der Waals surface area contributed by atoms with Gasteiger partial charge in [0.25, 0.3) is 0 Å². The Morgan fingerprint density at radius 2 is 2.00 bits per heavy atom. The van der Waals surface area contributed by atoms with Crippen molar-refractivity contribution in [1.29, 1.82) is 0 Å². The smallest absolute Gasteiger partial charge is 0.545 e. The molecule has 0 N–H and O–H groups in total. The van der Waals surface area contributed by atoms with Crippen molar-refractivity contribution in [1.82, 2.24) is 0 Å². The third-order valence-corrected chi connectivity index (χ3v) is 1.91. The molecular formula is C10H12LiNO3. The first-order valence-electron chi connectivity index (χ1n) is 4.13. The van der Waals surface area contributed by atoms with Crippen LogP contribution in [0.2, 0.25) is 0 Å². The fourth-order valence-corrected chi connectivity index (χ4v) is 1.20. The van der Waals surface area contributed by atoms with Gasteiger partial charge >= 0.3 is 18.9 Å². The third kappa shape index (κ3) is 3.19. The van der Waals surface area contributed by atoms with Crippen molar-refractivity contribution in [2.75, 3.05) is 26.1 Å².